The summed E-state index contributed by atoms with van der Waals surface area (Å²) in [6.07, 6.45) is -0.840. The highest BCUT2D eigenvalue weighted by molar-refractivity contribution is 6.22. The Hall–Kier alpha value is -3.10. The number of amides is 3. The van der Waals surface area contributed by atoms with E-state index in [0.29, 0.717) is 17.0 Å². The number of benzene rings is 1. The van der Waals surface area contributed by atoms with Crippen molar-refractivity contribution < 1.29 is 33.4 Å². The molecule has 2 rings (SSSR count). The number of anilines is 1. The maximum Gasteiger partial charge on any atom is 0.407 e. The Morgan fingerprint density at radius 2 is 1.86 bits per heavy atom. The lowest BCUT2D eigenvalue weighted by Gasteiger charge is -2.24. The molecule has 0 saturated heterocycles. The first-order valence-electron chi connectivity index (χ1n) is 9.11. The van der Waals surface area contributed by atoms with E-state index < -0.39 is 35.1 Å². The van der Waals surface area contributed by atoms with E-state index in [0.717, 1.165) is 4.90 Å². The second-order valence-electron chi connectivity index (χ2n) is 7.73. The lowest BCUT2D eigenvalue weighted by Crippen LogP contribution is -2.43. The topological polar surface area (TPSA) is 111 Å². The summed E-state index contributed by atoms with van der Waals surface area (Å²) >= 11 is 0. The van der Waals surface area contributed by atoms with Crippen LogP contribution in [-0.2, 0) is 29.5 Å². The summed E-state index contributed by atoms with van der Waals surface area (Å²) in [6, 6.07) is 4.74. The molecule has 29 heavy (non-hydrogen) atoms. The van der Waals surface area contributed by atoms with E-state index in [2.05, 4.69) is 5.32 Å². The second-order valence-corrected chi connectivity index (χ2v) is 7.73. The van der Waals surface area contributed by atoms with Crippen LogP contribution in [0.5, 0.6) is 5.75 Å². The van der Waals surface area contributed by atoms with Gasteiger partial charge in [-0.15, -0.1) is 0 Å². The fourth-order valence-corrected chi connectivity index (χ4v) is 2.93. The minimum absolute atomic E-state index is 0.0284. The molecular weight excluding hydrogens is 380 g/mol. The SMILES string of the molecule is COc1ccc2c(c1)C(C)(OC(=O)CCNC(=O)OC(C)(C)C)C(=O)N2C(C)=O. The molecule has 0 aliphatic carbocycles. The van der Waals surface area contributed by atoms with Gasteiger partial charge in [0, 0.05) is 19.0 Å². The summed E-state index contributed by atoms with van der Waals surface area (Å²) in [5.41, 5.74) is -1.65. The minimum atomic E-state index is -1.68. The number of carbonyl (C=O) groups excluding carboxylic acids is 4. The monoisotopic (exact) mass is 406 g/mol. The highest BCUT2D eigenvalue weighted by atomic mass is 16.6. The van der Waals surface area contributed by atoms with Gasteiger partial charge in [0.15, 0.2) is 0 Å². The van der Waals surface area contributed by atoms with Crippen molar-refractivity contribution in [3.05, 3.63) is 23.8 Å². The number of ether oxygens (including phenoxy) is 3. The van der Waals surface area contributed by atoms with Crippen molar-refractivity contribution in [1.29, 1.82) is 0 Å². The lowest BCUT2D eigenvalue weighted by molar-refractivity contribution is -0.166. The maximum atomic E-state index is 12.9. The molecule has 158 valence electrons. The number of methoxy groups -OCH3 is 1. The Kier molecular flexibility index (Phi) is 6.20. The van der Waals surface area contributed by atoms with Crippen molar-refractivity contribution in [3.8, 4) is 5.75 Å². The van der Waals surface area contributed by atoms with Gasteiger partial charge in [-0.25, -0.2) is 9.69 Å². The number of alkyl carbamates (subject to hydrolysis) is 1. The standard InChI is InChI=1S/C20H26N2O7/c1-12(23)22-15-8-7-13(27-6)11-14(15)20(5,17(22)25)28-16(24)9-10-21-18(26)29-19(2,3)4/h7-8,11H,9-10H2,1-6H3,(H,21,26). The summed E-state index contributed by atoms with van der Waals surface area (Å²) in [5.74, 6) is -1.42. The van der Waals surface area contributed by atoms with Gasteiger partial charge < -0.3 is 19.5 Å². The number of nitrogens with zero attached hydrogens (tertiary/aromatic N) is 1. The molecule has 1 aliphatic heterocycles. The molecule has 0 fully saturated rings. The third-order valence-electron chi connectivity index (χ3n) is 4.20. The maximum absolute atomic E-state index is 12.9. The Labute approximate surface area is 169 Å². The van der Waals surface area contributed by atoms with E-state index >= 15 is 0 Å². The van der Waals surface area contributed by atoms with E-state index in [9.17, 15) is 19.2 Å². The van der Waals surface area contributed by atoms with Gasteiger partial charge in [0.05, 0.1) is 19.2 Å². The van der Waals surface area contributed by atoms with Crippen LogP contribution in [0, 0.1) is 0 Å². The average Bonchev–Trinajstić information content (AvgIpc) is 2.80. The zero-order valence-corrected chi connectivity index (χ0v) is 17.5. The summed E-state index contributed by atoms with van der Waals surface area (Å²) < 4.78 is 15.7. The van der Waals surface area contributed by atoms with E-state index in [-0.39, 0.29) is 13.0 Å². The zero-order chi connectivity index (χ0) is 22.0. The first kappa shape index (κ1) is 22.2. The number of esters is 1. The predicted molar refractivity (Wildman–Crippen MR) is 103 cm³/mol. The first-order valence-corrected chi connectivity index (χ1v) is 9.11. The van der Waals surface area contributed by atoms with E-state index in [1.807, 2.05) is 0 Å². The smallest absolute Gasteiger partial charge is 0.407 e. The molecule has 1 aromatic rings. The molecule has 0 bridgehead atoms. The minimum Gasteiger partial charge on any atom is -0.497 e. The van der Waals surface area contributed by atoms with E-state index in [1.54, 1.807) is 39.0 Å². The van der Waals surface area contributed by atoms with Crippen LogP contribution in [0.4, 0.5) is 10.5 Å². The van der Waals surface area contributed by atoms with Gasteiger partial charge in [0.2, 0.25) is 11.5 Å². The average molecular weight is 406 g/mol. The van der Waals surface area contributed by atoms with Gasteiger partial charge in [-0.2, -0.15) is 0 Å². The van der Waals surface area contributed by atoms with E-state index in [1.165, 1.54) is 21.0 Å². The summed E-state index contributed by atoms with van der Waals surface area (Å²) in [7, 11) is 1.47. The molecule has 1 N–H and O–H groups in total. The van der Waals surface area contributed by atoms with Crippen LogP contribution in [0.2, 0.25) is 0 Å². The molecule has 3 amide bonds. The molecule has 9 nitrogen and oxygen atoms in total. The van der Waals surface area contributed by atoms with Crippen LogP contribution in [0.1, 0.15) is 46.6 Å². The Morgan fingerprint density at radius 3 is 2.41 bits per heavy atom. The molecule has 0 radical (unpaired) electrons. The molecule has 0 saturated carbocycles. The van der Waals surface area contributed by atoms with Crippen molar-refractivity contribution in [3.63, 3.8) is 0 Å². The summed E-state index contributed by atoms with van der Waals surface area (Å²) in [4.78, 5) is 49.9. The zero-order valence-electron chi connectivity index (χ0n) is 17.5. The number of carbonyl (C=O) groups is 4. The molecule has 0 aromatic heterocycles. The first-order chi connectivity index (χ1) is 13.4. The lowest BCUT2D eigenvalue weighted by atomic mass is 9.97. The molecule has 1 aromatic carbocycles. The van der Waals surface area contributed by atoms with Crippen LogP contribution in [0.25, 0.3) is 0 Å². The number of hydrogen-bond donors (Lipinski definition) is 1. The van der Waals surface area contributed by atoms with Gasteiger partial charge in [-0.1, -0.05) is 0 Å². The van der Waals surface area contributed by atoms with Crippen molar-refractivity contribution in [2.24, 2.45) is 0 Å². The van der Waals surface area contributed by atoms with Crippen molar-refractivity contribution in [2.75, 3.05) is 18.6 Å². The summed E-state index contributed by atoms with van der Waals surface area (Å²) in [6.45, 7) is 7.82. The molecule has 1 heterocycles. The molecular formula is C20H26N2O7. The largest absolute Gasteiger partial charge is 0.497 e. The fraction of sp³-hybridized carbons (Fsp3) is 0.500. The molecule has 1 atom stereocenters. The highest BCUT2D eigenvalue weighted by Crippen LogP contribution is 2.44. The number of imide groups is 1. The van der Waals surface area contributed by atoms with Gasteiger partial charge in [-0.05, 0) is 45.9 Å². The van der Waals surface area contributed by atoms with Crippen molar-refractivity contribution >= 4 is 29.6 Å². The van der Waals surface area contributed by atoms with Crippen molar-refractivity contribution in [2.45, 2.75) is 52.2 Å². The van der Waals surface area contributed by atoms with Crippen LogP contribution < -0.4 is 15.0 Å². The molecule has 1 unspecified atom stereocenters. The van der Waals surface area contributed by atoms with Crippen LogP contribution in [0.15, 0.2) is 18.2 Å². The fourth-order valence-electron chi connectivity index (χ4n) is 2.93. The van der Waals surface area contributed by atoms with Gasteiger partial charge in [0.1, 0.15) is 11.4 Å². The second kappa shape index (κ2) is 8.10. The summed E-state index contributed by atoms with van der Waals surface area (Å²) in [5, 5.41) is 2.45. The third-order valence-corrected chi connectivity index (χ3v) is 4.20. The number of rotatable bonds is 5. The van der Waals surface area contributed by atoms with Crippen LogP contribution in [0.3, 0.4) is 0 Å². The van der Waals surface area contributed by atoms with Gasteiger partial charge in [0.25, 0.3) is 5.91 Å². The molecule has 9 heteroatoms. The van der Waals surface area contributed by atoms with Gasteiger partial charge >= 0.3 is 12.1 Å². The Bertz CT molecular complexity index is 844. The van der Waals surface area contributed by atoms with Crippen molar-refractivity contribution in [1.82, 2.24) is 5.32 Å². The Morgan fingerprint density at radius 1 is 1.21 bits per heavy atom. The number of fused-ring (bicyclic) bond motifs is 1. The number of nitrogens with one attached hydrogen (secondary N) is 1. The van der Waals surface area contributed by atoms with Crippen LogP contribution in [-0.4, -0.2) is 43.1 Å². The molecule has 1 aliphatic rings. The van der Waals surface area contributed by atoms with Gasteiger partial charge in [-0.3, -0.25) is 14.4 Å². The molecule has 0 spiro atoms. The normalized spacial score (nSPS) is 18.1. The number of hydrogen-bond acceptors (Lipinski definition) is 7. The van der Waals surface area contributed by atoms with E-state index in [4.69, 9.17) is 14.2 Å². The predicted octanol–water partition coefficient (Wildman–Crippen LogP) is 2.26. The quantitative estimate of drug-likeness (QED) is 0.747. The third kappa shape index (κ3) is 4.85. The van der Waals surface area contributed by atoms with Crippen LogP contribution >= 0.6 is 0 Å². The highest BCUT2D eigenvalue weighted by Gasteiger charge is 2.52. The Balaban J connectivity index is 2.13.